The summed E-state index contributed by atoms with van der Waals surface area (Å²) < 4.78 is 0. The first-order valence-electron chi connectivity index (χ1n) is 4.29. The molecule has 0 aliphatic heterocycles. The SMILES string of the molecule is CC(C)c1ccc[c-]n1.C[CH-]C.[V+2]. The fourth-order valence-corrected chi connectivity index (χ4v) is 0.660. The molecule has 71 valence electrons. The monoisotopic (exact) mass is 214 g/mol. The van der Waals surface area contributed by atoms with Crippen LogP contribution in [0.4, 0.5) is 0 Å². The van der Waals surface area contributed by atoms with Crippen molar-refractivity contribution < 1.29 is 18.6 Å². The van der Waals surface area contributed by atoms with E-state index in [9.17, 15) is 0 Å². The molecule has 0 unspecified atom stereocenters. The normalized spacial score (nSPS) is 8.38. The standard InChI is InChI=1S/C8H10N.C3H7.V/c1-7(2)8-5-3-4-6-9-8;1-3-2;/h3-5,7H,1-2H3;3H,1-2H3;/q2*-1;+2. The maximum atomic E-state index is 4.05. The maximum Gasteiger partial charge on any atom is 2.00 e. The number of hydrogen-bond acceptors (Lipinski definition) is 1. The molecular weight excluding hydrogens is 197 g/mol. The Hall–Kier alpha value is -0.266. The summed E-state index contributed by atoms with van der Waals surface area (Å²) in [6.07, 6.45) is 4.79. The van der Waals surface area contributed by atoms with Gasteiger partial charge in [-0.15, -0.1) is 0 Å². The zero-order valence-electron chi connectivity index (χ0n) is 8.78. The molecule has 2 heteroatoms. The van der Waals surface area contributed by atoms with Crippen LogP contribution in [-0.4, -0.2) is 4.98 Å². The van der Waals surface area contributed by atoms with Crippen molar-refractivity contribution in [2.75, 3.05) is 0 Å². The molecule has 0 saturated heterocycles. The van der Waals surface area contributed by atoms with E-state index in [0.717, 1.165) is 5.69 Å². The Bertz CT molecular complexity index is 185. The van der Waals surface area contributed by atoms with Gasteiger partial charge in [0.1, 0.15) is 0 Å². The second-order valence-corrected chi connectivity index (χ2v) is 2.92. The molecule has 1 nitrogen and oxygen atoms in total. The first kappa shape index (κ1) is 15.2. The summed E-state index contributed by atoms with van der Waals surface area (Å²) in [6, 6.07) is 5.79. The van der Waals surface area contributed by atoms with Crippen LogP contribution in [-0.2, 0) is 18.6 Å². The molecule has 0 amide bonds. The van der Waals surface area contributed by atoms with Crippen molar-refractivity contribution in [2.45, 2.75) is 33.6 Å². The molecule has 0 aliphatic rings. The van der Waals surface area contributed by atoms with Crippen molar-refractivity contribution in [1.29, 1.82) is 0 Å². The molecule has 13 heavy (non-hydrogen) atoms. The first-order valence-corrected chi connectivity index (χ1v) is 4.29. The second-order valence-electron chi connectivity index (χ2n) is 2.92. The van der Waals surface area contributed by atoms with Crippen molar-refractivity contribution in [1.82, 2.24) is 4.98 Å². The van der Waals surface area contributed by atoms with E-state index in [4.69, 9.17) is 0 Å². The van der Waals surface area contributed by atoms with E-state index in [1.54, 1.807) is 0 Å². The summed E-state index contributed by atoms with van der Waals surface area (Å²) in [5.41, 5.74) is 1.11. The van der Waals surface area contributed by atoms with Crippen molar-refractivity contribution in [3.63, 3.8) is 0 Å². The van der Waals surface area contributed by atoms with Gasteiger partial charge in [-0.05, 0) is 0 Å². The number of hydrogen-bond donors (Lipinski definition) is 0. The van der Waals surface area contributed by atoms with Gasteiger partial charge >= 0.3 is 18.6 Å². The quantitative estimate of drug-likeness (QED) is 0.654. The van der Waals surface area contributed by atoms with E-state index in [-0.39, 0.29) is 18.6 Å². The van der Waals surface area contributed by atoms with Crippen LogP contribution in [0.5, 0.6) is 0 Å². The predicted octanol–water partition coefficient (Wildman–Crippen LogP) is 3.23. The van der Waals surface area contributed by atoms with Crippen LogP contribution in [0.15, 0.2) is 18.2 Å². The summed E-state index contributed by atoms with van der Waals surface area (Å²) in [5.74, 6) is 0.516. The molecule has 0 aliphatic carbocycles. The van der Waals surface area contributed by atoms with Crippen molar-refractivity contribution in [2.24, 2.45) is 0 Å². The van der Waals surface area contributed by atoms with Gasteiger partial charge in [-0.1, -0.05) is 31.7 Å². The minimum atomic E-state index is 0. The Labute approximate surface area is 93.9 Å². The zero-order chi connectivity index (χ0) is 9.40. The molecule has 1 rings (SSSR count). The van der Waals surface area contributed by atoms with Crippen molar-refractivity contribution in [3.05, 3.63) is 36.5 Å². The van der Waals surface area contributed by atoms with Gasteiger partial charge in [-0.3, -0.25) is 0 Å². The van der Waals surface area contributed by atoms with Crippen LogP contribution < -0.4 is 0 Å². The van der Waals surface area contributed by atoms with E-state index >= 15 is 0 Å². The third-order valence-electron chi connectivity index (χ3n) is 1.22. The number of pyridine rings is 1. The first-order chi connectivity index (χ1) is 5.72. The van der Waals surface area contributed by atoms with Gasteiger partial charge < -0.3 is 11.4 Å². The summed E-state index contributed by atoms with van der Waals surface area (Å²) in [6.45, 7) is 8.24. The Kier molecular flexibility index (Phi) is 11.5. The van der Waals surface area contributed by atoms with Gasteiger partial charge in [0.2, 0.25) is 0 Å². The smallest absolute Gasteiger partial charge is 0.391 e. The molecule has 1 aromatic heterocycles. The molecule has 0 fully saturated rings. The van der Waals surface area contributed by atoms with Gasteiger partial charge in [0.15, 0.2) is 0 Å². The molecule has 1 aromatic rings. The molecule has 0 bridgehead atoms. The van der Waals surface area contributed by atoms with Crippen LogP contribution in [0.3, 0.4) is 0 Å². The van der Waals surface area contributed by atoms with Crippen molar-refractivity contribution >= 4 is 0 Å². The van der Waals surface area contributed by atoms with Gasteiger partial charge in [0.25, 0.3) is 0 Å². The minimum absolute atomic E-state index is 0. The average Bonchev–Trinajstić information content (AvgIpc) is 2.07. The second kappa shape index (κ2) is 9.82. The maximum absolute atomic E-state index is 4.05. The molecule has 0 saturated carbocycles. The largest absolute Gasteiger partial charge is 2.00 e. The molecule has 0 aromatic carbocycles. The number of aromatic nitrogens is 1. The third kappa shape index (κ3) is 8.08. The van der Waals surface area contributed by atoms with E-state index in [1.807, 2.05) is 38.5 Å². The number of nitrogens with zero attached hydrogens (tertiary/aromatic N) is 1. The Morgan fingerprint density at radius 1 is 1.38 bits per heavy atom. The van der Waals surface area contributed by atoms with Crippen LogP contribution >= 0.6 is 0 Å². The molecule has 0 N–H and O–H groups in total. The van der Waals surface area contributed by atoms with E-state index in [0.29, 0.717) is 5.92 Å². The van der Waals surface area contributed by atoms with Gasteiger partial charge in [0.05, 0.1) is 0 Å². The molecule has 1 heterocycles. The summed E-state index contributed by atoms with van der Waals surface area (Å²) in [5, 5.41) is 0. The summed E-state index contributed by atoms with van der Waals surface area (Å²) >= 11 is 0. The average molecular weight is 214 g/mol. The minimum Gasteiger partial charge on any atom is -0.391 e. The van der Waals surface area contributed by atoms with Gasteiger partial charge in [0, 0.05) is 0 Å². The Morgan fingerprint density at radius 2 is 1.92 bits per heavy atom. The zero-order valence-corrected chi connectivity index (χ0v) is 10.2. The van der Waals surface area contributed by atoms with Crippen molar-refractivity contribution in [3.8, 4) is 0 Å². The Balaban J connectivity index is 0. The molecule has 0 spiro atoms. The van der Waals surface area contributed by atoms with Crippen LogP contribution in [0.25, 0.3) is 0 Å². The topological polar surface area (TPSA) is 12.9 Å². The van der Waals surface area contributed by atoms with Crippen LogP contribution in [0.2, 0.25) is 0 Å². The Morgan fingerprint density at radius 3 is 2.15 bits per heavy atom. The fourth-order valence-electron chi connectivity index (χ4n) is 0.660. The van der Waals surface area contributed by atoms with E-state index < -0.39 is 0 Å². The predicted molar refractivity (Wildman–Crippen MR) is 52.8 cm³/mol. The van der Waals surface area contributed by atoms with Gasteiger partial charge in [-0.25, -0.2) is 0 Å². The third-order valence-corrected chi connectivity index (χ3v) is 1.22. The van der Waals surface area contributed by atoms with Gasteiger partial charge in [-0.2, -0.15) is 32.0 Å². The summed E-state index contributed by atoms with van der Waals surface area (Å²) in [7, 11) is 0. The van der Waals surface area contributed by atoms with E-state index in [1.165, 1.54) is 0 Å². The summed E-state index contributed by atoms with van der Waals surface area (Å²) in [4.78, 5) is 4.05. The van der Waals surface area contributed by atoms with Crippen LogP contribution in [0, 0.1) is 12.6 Å². The van der Waals surface area contributed by atoms with E-state index in [2.05, 4.69) is 25.0 Å². The number of rotatable bonds is 1. The molecule has 1 radical (unpaired) electrons. The fraction of sp³-hybridized carbons (Fsp3) is 0.455. The van der Waals surface area contributed by atoms with Crippen LogP contribution in [0.1, 0.15) is 39.3 Å². The molecule has 0 atom stereocenters. The molecular formula is C11H17NV.